The molecule has 1 aliphatic heterocycles. The van der Waals surface area contributed by atoms with Crippen LogP contribution in [0.5, 0.6) is 0 Å². The molecule has 0 aromatic heterocycles. The van der Waals surface area contributed by atoms with Crippen LogP contribution in [0.25, 0.3) is 0 Å². The summed E-state index contributed by atoms with van der Waals surface area (Å²) < 4.78 is 0. The fraction of sp³-hybridized carbons (Fsp3) is 0.440. The monoisotopic (exact) mass is 541 g/mol. The van der Waals surface area contributed by atoms with Gasteiger partial charge >= 0.3 is 6.03 Å². The second-order valence-corrected chi connectivity index (χ2v) is 8.99. The van der Waals surface area contributed by atoms with Crippen LogP contribution in [-0.4, -0.2) is 67.9 Å². The highest BCUT2D eigenvalue weighted by Gasteiger charge is 2.12. The standard InChI is InChI=1S/C25H33Cl2N5O2.ClH/c26-11-16-32(17-12-27)23-9-7-21(8-10-23)29-25(34)30-22-6-4-5-20(19-22)24(33)28-13-18-31-14-2-1-3-15-31;/h4-10,19H,1-3,11-18H2,(H,28,33)(H2,29,30,34);1H. The van der Waals surface area contributed by atoms with E-state index in [4.69, 9.17) is 23.2 Å². The van der Waals surface area contributed by atoms with Gasteiger partial charge in [0.2, 0.25) is 0 Å². The zero-order valence-corrected chi connectivity index (χ0v) is 22.1. The van der Waals surface area contributed by atoms with E-state index in [1.54, 1.807) is 24.3 Å². The molecule has 1 heterocycles. The minimum Gasteiger partial charge on any atom is -0.369 e. The lowest BCUT2D eigenvalue weighted by Gasteiger charge is -2.26. The molecule has 0 unspecified atom stereocenters. The number of nitrogens with zero attached hydrogens (tertiary/aromatic N) is 2. The summed E-state index contributed by atoms with van der Waals surface area (Å²) in [6, 6.07) is 14.0. The number of hydrogen-bond acceptors (Lipinski definition) is 4. The Bertz CT molecular complexity index is 918. The SMILES string of the molecule is Cl.O=C(Nc1ccc(N(CCCl)CCCl)cc1)Nc1cccc(C(=O)NCCN2CCCCC2)c1. The van der Waals surface area contributed by atoms with Crippen molar-refractivity contribution in [1.82, 2.24) is 10.2 Å². The lowest BCUT2D eigenvalue weighted by atomic mass is 10.1. The van der Waals surface area contributed by atoms with Gasteiger partial charge in [0, 0.05) is 60.6 Å². The molecule has 0 spiro atoms. The van der Waals surface area contributed by atoms with Gasteiger partial charge in [-0.05, 0) is 68.4 Å². The van der Waals surface area contributed by atoms with E-state index in [0.29, 0.717) is 48.3 Å². The van der Waals surface area contributed by atoms with E-state index in [-0.39, 0.29) is 24.3 Å². The lowest BCUT2D eigenvalue weighted by molar-refractivity contribution is 0.0946. The molecule has 2 aromatic carbocycles. The molecule has 7 nitrogen and oxygen atoms in total. The van der Waals surface area contributed by atoms with E-state index < -0.39 is 0 Å². The first-order valence-corrected chi connectivity index (χ1v) is 12.8. The van der Waals surface area contributed by atoms with E-state index in [2.05, 4.69) is 25.8 Å². The van der Waals surface area contributed by atoms with Crippen LogP contribution in [0.3, 0.4) is 0 Å². The largest absolute Gasteiger partial charge is 0.369 e. The quantitative estimate of drug-likeness (QED) is 0.339. The minimum absolute atomic E-state index is 0. The third kappa shape index (κ3) is 9.76. The van der Waals surface area contributed by atoms with Gasteiger partial charge in [-0.3, -0.25) is 4.79 Å². The molecule has 1 fully saturated rings. The van der Waals surface area contributed by atoms with Crippen LogP contribution in [0.2, 0.25) is 0 Å². The number of rotatable bonds is 11. The molecule has 0 radical (unpaired) electrons. The Morgan fingerprint density at radius 1 is 0.886 bits per heavy atom. The van der Waals surface area contributed by atoms with Crippen LogP contribution in [0, 0.1) is 0 Å². The van der Waals surface area contributed by atoms with E-state index in [9.17, 15) is 9.59 Å². The highest BCUT2D eigenvalue weighted by atomic mass is 35.5. The van der Waals surface area contributed by atoms with Gasteiger partial charge in [-0.15, -0.1) is 35.6 Å². The molecule has 0 bridgehead atoms. The first-order chi connectivity index (χ1) is 16.6. The van der Waals surface area contributed by atoms with Crippen LogP contribution in [0.1, 0.15) is 29.6 Å². The highest BCUT2D eigenvalue weighted by Crippen LogP contribution is 2.19. The number of nitrogens with one attached hydrogen (secondary N) is 3. The van der Waals surface area contributed by atoms with Crippen molar-refractivity contribution < 1.29 is 9.59 Å². The summed E-state index contributed by atoms with van der Waals surface area (Å²) in [5, 5.41) is 8.57. The molecule has 10 heteroatoms. The Balaban J connectivity index is 0.00000432. The van der Waals surface area contributed by atoms with Crippen molar-refractivity contribution in [2.24, 2.45) is 0 Å². The average molecular weight is 543 g/mol. The van der Waals surface area contributed by atoms with Crippen LogP contribution < -0.4 is 20.9 Å². The smallest absolute Gasteiger partial charge is 0.323 e. The van der Waals surface area contributed by atoms with Crippen molar-refractivity contribution in [1.29, 1.82) is 0 Å². The Kier molecular flexibility index (Phi) is 13.1. The molecular formula is C25H34Cl3N5O2. The Labute approximate surface area is 223 Å². The maximum atomic E-state index is 12.5. The highest BCUT2D eigenvalue weighted by molar-refractivity contribution is 6.18. The summed E-state index contributed by atoms with van der Waals surface area (Å²) >= 11 is 11.7. The number of alkyl halides is 2. The molecule has 35 heavy (non-hydrogen) atoms. The number of carbonyl (C=O) groups is 2. The van der Waals surface area contributed by atoms with Gasteiger partial charge < -0.3 is 25.8 Å². The van der Waals surface area contributed by atoms with E-state index in [1.165, 1.54) is 19.3 Å². The van der Waals surface area contributed by atoms with E-state index in [0.717, 1.165) is 25.3 Å². The predicted molar refractivity (Wildman–Crippen MR) is 149 cm³/mol. The van der Waals surface area contributed by atoms with Crippen molar-refractivity contribution in [3.8, 4) is 0 Å². The zero-order chi connectivity index (χ0) is 24.2. The lowest BCUT2D eigenvalue weighted by Crippen LogP contribution is -2.37. The topological polar surface area (TPSA) is 76.7 Å². The second kappa shape index (κ2) is 15.7. The number of benzene rings is 2. The van der Waals surface area contributed by atoms with Crippen molar-refractivity contribution >= 4 is 64.6 Å². The molecule has 0 saturated carbocycles. The number of likely N-dealkylation sites (tertiary alicyclic amines) is 1. The van der Waals surface area contributed by atoms with E-state index in [1.807, 2.05) is 24.3 Å². The number of amides is 3. The Hall–Kier alpha value is -2.19. The number of carbonyl (C=O) groups excluding carboxylic acids is 2. The first-order valence-electron chi connectivity index (χ1n) is 11.7. The van der Waals surface area contributed by atoms with Gasteiger partial charge in [0.05, 0.1) is 0 Å². The molecule has 1 aliphatic rings. The van der Waals surface area contributed by atoms with Crippen molar-refractivity contribution in [3.05, 3.63) is 54.1 Å². The average Bonchev–Trinajstić information content (AvgIpc) is 2.85. The molecule has 192 valence electrons. The summed E-state index contributed by atoms with van der Waals surface area (Å²) in [4.78, 5) is 29.4. The number of anilines is 3. The summed E-state index contributed by atoms with van der Waals surface area (Å²) in [5.41, 5.74) is 2.71. The van der Waals surface area contributed by atoms with Gasteiger partial charge in [-0.25, -0.2) is 4.79 Å². The van der Waals surface area contributed by atoms with Gasteiger partial charge in [0.15, 0.2) is 0 Å². The van der Waals surface area contributed by atoms with Crippen LogP contribution in [0.4, 0.5) is 21.9 Å². The predicted octanol–water partition coefficient (Wildman–Crippen LogP) is 5.25. The van der Waals surface area contributed by atoms with Gasteiger partial charge in [0.1, 0.15) is 0 Å². The molecule has 1 saturated heterocycles. The summed E-state index contributed by atoms with van der Waals surface area (Å²) in [7, 11) is 0. The molecule has 3 rings (SSSR count). The number of piperidine rings is 1. The maximum absolute atomic E-state index is 12.5. The summed E-state index contributed by atoms with van der Waals surface area (Å²) in [6.45, 7) is 5.08. The fourth-order valence-corrected chi connectivity index (χ4v) is 4.38. The molecule has 3 amide bonds. The van der Waals surface area contributed by atoms with Crippen LogP contribution in [0.15, 0.2) is 48.5 Å². The molecule has 0 aliphatic carbocycles. The number of urea groups is 1. The maximum Gasteiger partial charge on any atom is 0.323 e. The van der Waals surface area contributed by atoms with Crippen LogP contribution in [-0.2, 0) is 0 Å². The Morgan fingerprint density at radius 3 is 2.20 bits per heavy atom. The molecule has 2 aromatic rings. The molecular weight excluding hydrogens is 509 g/mol. The van der Waals surface area contributed by atoms with Gasteiger partial charge in [-0.1, -0.05) is 12.5 Å². The third-order valence-corrected chi connectivity index (χ3v) is 6.08. The normalized spacial score (nSPS) is 13.4. The Morgan fingerprint density at radius 2 is 1.54 bits per heavy atom. The second-order valence-electron chi connectivity index (χ2n) is 8.23. The van der Waals surface area contributed by atoms with E-state index >= 15 is 0 Å². The van der Waals surface area contributed by atoms with Gasteiger partial charge in [-0.2, -0.15) is 0 Å². The third-order valence-electron chi connectivity index (χ3n) is 5.74. The minimum atomic E-state index is -0.381. The molecule has 0 atom stereocenters. The number of hydrogen-bond donors (Lipinski definition) is 3. The van der Waals surface area contributed by atoms with Gasteiger partial charge in [0.25, 0.3) is 5.91 Å². The first kappa shape index (κ1) is 29.0. The summed E-state index contributed by atoms with van der Waals surface area (Å²) in [6.07, 6.45) is 3.76. The van der Waals surface area contributed by atoms with Crippen molar-refractivity contribution in [2.75, 3.05) is 66.6 Å². The fourth-order valence-electron chi connectivity index (χ4n) is 3.97. The zero-order valence-electron chi connectivity index (χ0n) is 19.8. The van der Waals surface area contributed by atoms with Crippen molar-refractivity contribution in [2.45, 2.75) is 19.3 Å². The molecule has 3 N–H and O–H groups in total. The van der Waals surface area contributed by atoms with Crippen molar-refractivity contribution in [3.63, 3.8) is 0 Å². The number of halogens is 3. The van der Waals surface area contributed by atoms with Crippen LogP contribution >= 0.6 is 35.6 Å². The summed E-state index contributed by atoms with van der Waals surface area (Å²) in [5.74, 6) is 0.874.